The van der Waals surface area contributed by atoms with Crippen LogP contribution in [0, 0.1) is 18.8 Å². The molecule has 1 aromatic carbocycles. The van der Waals surface area contributed by atoms with Crippen molar-refractivity contribution in [2.24, 2.45) is 11.8 Å². The van der Waals surface area contributed by atoms with E-state index >= 15 is 0 Å². The highest BCUT2D eigenvalue weighted by molar-refractivity contribution is 5.82. The maximum atomic E-state index is 13.3. The van der Waals surface area contributed by atoms with Crippen LogP contribution in [0.25, 0.3) is 0 Å². The van der Waals surface area contributed by atoms with E-state index in [0.717, 1.165) is 5.56 Å². The zero-order valence-corrected chi connectivity index (χ0v) is 15.6. The highest BCUT2D eigenvalue weighted by Gasteiger charge is 2.40. The van der Waals surface area contributed by atoms with Crippen molar-refractivity contribution in [3.8, 4) is 5.75 Å². The van der Waals surface area contributed by atoms with Crippen molar-refractivity contribution in [1.82, 2.24) is 25.1 Å². The molecule has 1 amide bonds. The molecule has 1 aliphatic rings. The van der Waals surface area contributed by atoms with E-state index in [1.54, 1.807) is 18.9 Å². The van der Waals surface area contributed by atoms with Crippen LogP contribution >= 0.6 is 0 Å². The Balaban J connectivity index is 1.87. The van der Waals surface area contributed by atoms with Crippen LogP contribution < -0.4 is 4.74 Å². The van der Waals surface area contributed by atoms with Crippen molar-refractivity contribution in [3.05, 3.63) is 35.7 Å². The van der Waals surface area contributed by atoms with Gasteiger partial charge in [-0.2, -0.15) is 0 Å². The first-order valence-corrected chi connectivity index (χ1v) is 8.79. The fraction of sp³-hybridized carbons (Fsp3) is 0.500. The number of hydrogen-bond acceptors (Lipinski definition) is 6. The van der Waals surface area contributed by atoms with E-state index in [-0.39, 0.29) is 18.4 Å². The van der Waals surface area contributed by atoms with Crippen LogP contribution in [-0.4, -0.2) is 62.3 Å². The first kappa shape index (κ1) is 18.8. The lowest BCUT2D eigenvalue weighted by Crippen LogP contribution is -2.38. The molecule has 27 heavy (non-hydrogen) atoms. The molecule has 1 unspecified atom stereocenters. The first-order chi connectivity index (χ1) is 12.9. The van der Waals surface area contributed by atoms with E-state index < -0.39 is 17.9 Å². The van der Waals surface area contributed by atoms with Gasteiger partial charge in [-0.1, -0.05) is 19.1 Å². The Labute approximate surface area is 156 Å². The number of tetrazole rings is 1. The number of ether oxygens (including phenoxy) is 1. The molecule has 1 fully saturated rings. The second-order valence-corrected chi connectivity index (χ2v) is 6.91. The Morgan fingerprint density at radius 2 is 2.15 bits per heavy atom. The van der Waals surface area contributed by atoms with Gasteiger partial charge in [0.1, 0.15) is 17.6 Å². The molecule has 2 heterocycles. The van der Waals surface area contributed by atoms with Gasteiger partial charge in [-0.05, 0) is 41.0 Å². The highest BCUT2D eigenvalue weighted by atomic mass is 16.5. The van der Waals surface area contributed by atoms with Crippen LogP contribution in [0.1, 0.15) is 24.4 Å². The summed E-state index contributed by atoms with van der Waals surface area (Å²) < 4.78 is 6.76. The van der Waals surface area contributed by atoms with E-state index in [2.05, 4.69) is 15.5 Å². The first-order valence-electron chi connectivity index (χ1n) is 8.79. The van der Waals surface area contributed by atoms with Gasteiger partial charge in [0.15, 0.2) is 0 Å². The maximum absolute atomic E-state index is 13.3. The highest BCUT2D eigenvalue weighted by Crippen LogP contribution is 2.27. The second-order valence-electron chi connectivity index (χ2n) is 6.91. The minimum absolute atomic E-state index is 0.0983. The molecule has 0 saturated carbocycles. The molecule has 2 aromatic rings. The number of carboxylic acids is 1. The lowest BCUT2D eigenvalue weighted by molar-refractivity contribution is -0.142. The summed E-state index contributed by atoms with van der Waals surface area (Å²) in [5.41, 5.74) is 0.907. The van der Waals surface area contributed by atoms with Crippen LogP contribution in [0.3, 0.4) is 0 Å². The van der Waals surface area contributed by atoms with Gasteiger partial charge in [0.2, 0.25) is 5.91 Å². The van der Waals surface area contributed by atoms with Crippen molar-refractivity contribution in [1.29, 1.82) is 0 Å². The Bertz CT molecular complexity index is 837. The number of benzene rings is 1. The summed E-state index contributed by atoms with van der Waals surface area (Å²) >= 11 is 0. The van der Waals surface area contributed by atoms with Crippen LogP contribution in [0.4, 0.5) is 0 Å². The third-order valence-electron chi connectivity index (χ3n) is 5.04. The van der Waals surface area contributed by atoms with E-state index in [1.165, 1.54) is 4.68 Å². The average molecular weight is 373 g/mol. The predicted molar refractivity (Wildman–Crippen MR) is 95.2 cm³/mol. The van der Waals surface area contributed by atoms with Gasteiger partial charge in [-0.3, -0.25) is 9.59 Å². The van der Waals surface area contributed by atoms with Gasteiger partial charge in [0, 0.05) is 19.5 Å². The number of aliphatic carboxylic acids is 1. The molecule has 0 radical (unpaired) electrons. The van der Waals surface area contributed by atoms with Gasteiger partial charge in [0.25, 0.3) is 0 Å². The summed E-state index contributed by atoms with van der Waals surface area (Å²) in [6.07, 6.45) is 0.379. The van der Waals surface area contributed by atoms with Crippen molar-refractivity contribution < 1.29 is 19.4 Å². The van der Waals surface area contributed by atoms with E-state index in [9.17, 15) is 14.7 Å². The SMILES string of the molecule is COc1cccc(CC(C(=O)N2C[C@@H](C)[C@H](C(=O)O)C2)n2nnnc2C)c1. The Kier molecular flexibility index (Phi) is 5.38. The number of carbonyl (C=O) groups excluding carboxylic acids is 1. The fourth-order valence-electron chi connectivity index (χ4n) is 3.51. The molecule has 1 aromatic heterocycles. The minimum Gasteiger partial charge on any atom is -0.497 e. The van der Waals surface area contributed by atoms with Crippen LogP contribution in [0.5, 0.6) is 5.75 Å². The van der Waals surface area contributed by atoms with Gasteiger partial charge in [-0.15, -0.1) is 5.10 Å². The Morgan fingerprint density at radius 1 is 1.37 bits per heavy atom. The number of amides is 1. The summed E-state index contributed by atoms with van der Waals surface area (Å²) in [4.78, 5) is 26.3. The molecule has 3 atom stereocenters. The number of rotatable bonds is 6. The fourth-order valence-corrected chi connectivity index (χ4v) is 3.51. The number of aromatic nitrogens is 4. The van der Waals surface area contributed by atoms with E-state index in [4.69, 9.17) is 4.74 Å². The van der Waals surface area contributed by atoms with Gasteiger partial charge < -0.3 is 14.7 Å². The molecule has 0 aliphatic carbocycles. The quantitative estimate of drug-likeness (QED) is 0.803. The number of hydrogen-bond donors (Lipinski definition) is 1. The topological polar surface area (TPSA) is 110 Å². The minimum atomic E-state index is -0.874. The van der Waals surface area contributed by atoms with Crippen molar-refractivity contribution in [3.63, 3.8) is 0 Å². The number of likely N-dealkylation sites (tertiary alicyclic amines) is 1. The van der Waals surface area contributed by atoms with Crippen LogP contribution in [-0.2, 0) is 16.0 Å². The lowest BCUT2D eigenvalue weighted by Gasteiger charge is -2.24. The number of methoxy groups -OCH3 is 1. The van der Waals surface area contributed by atoms with Crippen molar-refractivity contribution >= 4 is 11.9 Å². The third-order valence-corrected chi connectivity index (χ3v) is 5.04. The number of aryl methyl sites for hydroxylation is 1. The number of carbonyl (C=O) groups is 2. The molecule has 9 heteroatoms. The zero-order chi connectivity index (χ0) is 19.6. The van der Waals surface area contributed by atoms with Crippen molar-refractivity contribution in [2.45, 2.75) is 26.3 Å². The second kappa shape index (κ2) is 7.73. The van der Waals surface area contributed by atoms with E-state index in [0.29, 0.717) is 24.5 Å². The predicted octanol–water partition coefficient (Wildman–Crippen LogP) is 0.953. The monoisotopic (exact) mass is 373 g/mol. The molecule has 144 valence electrons. The largest absolute Gasteiger partial charge is 0.497 e. The number of carboxylic acid groups (broad SMARTS) is 1. The maximum Gasteiger partial charge on any atom is 0.308 e. The average Bonchev–Trinajstić information content (AvgIpc) is 3.25. The zero-order valence-electron chi connectivity index (χ0n) is 15.6. The van der Waals surface area contributed by atoms with Gasteiger partial charge >= 0.3 is 5.97 Å². The number of nitrogens with zero attached hydrogens (tertiary/aromatic N) is 5. The van der Waals surface area contributed by atoms with Crippen LogP contribution in [0.2, 0.25) is 0 Å². The summed E-state index contributed by atoms with van der Waals surface area (Å²) in [5, 5.41) is 20.9. The smallest absolute Gasteiger partial charge is 0.308 e. The molecule has 3 rings (SSSR count). The molecule has 1 aliphatic heterocycles. The van der Waals surface area contributed by atoms with Gasteiger partial charge in [-0.25, -0.2) is 4.68 Å². The van der Waals surface area contributed by atoms with Crippen molar-refractivity contribution in [2.75, 3.05) is 20.2 Å². The lowest BCUT2D eigenvalue weighted by atomic mass is 9.99. The molecule has 0 bridgehead atoms. The third kappa shape index (κ3) is 3.91. The molecule has 0 spiro atoms. The molecule has 1 N–H and O–H groups in total. The summed E-state index contributed by atoms with van der Waals surface area (Å²) in [6.45, 7) is 4.20. The molecule has 1 saturated heterocycles. The Hall–Kier alpha value is -2.97. The van der Waals surface area contributed by atoms with Gasteiger partial charge in [0.05, 0.1) is 13.0 Å². The molecule has 9 nitrogen and oxygen atoms in total. The standard InChI is InChI=1S/C18H23N5O4/c1-11-9-22(10-15(11)18(25)26)17(24)16(23-12(2)19-20-21-23)8-13-5-4-6-14(7-13)27-3/h4-7,11,15-16H,8-10H2,1-3H3,(H,25,26)/t11-,15-,16?/m1/s1. The molecular weight excluding hydrogens is 350 g/mol. The molecular formula is C18H23N5O4. The Morgan fingerprint density at radius 3 is 2.74 bits per heavy atom. The van der Waals surface area contributed by atoms with E-state index in [1.807, 2.05) is 31.2 Å². The summed E-state index contributed by atoms with van der Waals surface area (Å²) in [7, 11) is 1.59. The normalized spacial score (nSPS) is 20.5. The summed E-state index contributed by atoms with van der Waals surface area (Å²) in [6, 6.07) is 6.83. The summed E-state index contributed by atoms with van der Waals surface area (Å²) in [5.74, 6) is -0.476. The van der Waals surface area contributed by atoms with Crippen LogP contribution in [0.15, 0.2) is 24.3 Å².